The normalized spacial score (nSPS) is 45.6. The van der Waals surface area contributed by atoms with E-state index in [0.717, 1.165) is 12.0 Å². The average molecular weight is 427 g/mol. The molecule has 7 heteroatoms. The maximum absolute atomic E-state index is 13.1. The Balaban J connectivity index is 1.74. The fraction of sp³-hybridized carbons (Fsp3) is 0.667. The number of Topliss-reactive ketones (excluding diaryl/α,β-unsaturated/α-hetero) is 1. The van der Waals surface area contributed by atoms with Crippen molar-refractivity contribution < 1.29 is 29.3 Å². The molecule has 7 nitrogen and oxygen atoms in total. The van der Waals surface area contributed by atoms with Crippen LogP contribution in [0, 0.1) is 45.8 Å². The molecule has 4 aliphatic rings. The first kappa shape index (κ1) is 21.9. The van der Waals surface area contributed by atoms with Gasteiger partial charge in [-0.1, -0.05) is 25.5 Å². The van der Waals surface area contributed by atoms with Crippen LogP contribution in [0.4, 0.5) is 0 Å². The third kappa shape index (κ3) is 2.88. The van der Waals surface area contributed by atoms with Crippen molar-refractivity contribution in [3.05, 3.63) is 23.8 Å². The summed E-state index contributed by atoms with van der Waals surface area (Å²) in [7, 11) is 0. The fourth-order valence-corrected chi connectivity index (χ4v) is 7.30. The minimum absolute atomic E-state index is 0.0137. The number of allylic oxidation sites excluding steroid dienone is 4. The predicted molar refractivity (Wildman–Crippen MR) is 109 cm³/mol. The summed E-state index contributed by atoms with van der Waals surface area (Å²) in [5.74, 6) is -2.63. The van der Waals surface area contributed by atoms with Crippen LogP contribution in [-0.2, 0) is 19.1 Å². The molecule has 3 saturated carbocycles. The second-order valence-electron chi connectivity index (χ2n) is 10.1. The molecule has 4 rings (SSSR count). The van der Waals surface area contributed by atoms with Crippen LogP contribution in [0.5, 0.6) is 0 Å². The van der Waals surface area contributed by atoms with Crippen molar-refractivity contribution in [2.45, 2.75) is 58.2 Å². The van der Waals surface area contributed by atoms with E-state index in [4.69, 9.17) is 4.74 Å². The first-order valence-electron chi connectivity index (χ1n) is 10.9. The summed E-state index contributed by atoms with van der Waals surface area (Å²) >= 11 is 0. The van der Waals surface area contributed by atoms with Gasteiger partial charge in [0.25, 0.3) is 0 Å². The molecule has 0 heterocycles. The van der Waals surface area contributed by atoms with Gasteiger partial charge in [0.1, 0.15) is 5.60 Å². The third-order valence-corrected chi connectivity index (χ3v) is 8.74. The van der Waals surface area contributed by atoms with Gasteiger partial charge in [-0.15, -0.1) is 0 Å². The highest BCUT2D eigenvalue weighted by Crippen LogP contribution is 2.68. The zero-order valence-electron chi connectivity index (χ0n) is 18.1. The van der Waals surface area contributed by atoms with Gasteiger partial charge in [0.2, 0.25) is 5.78 Å². The molecule has 0 aliphatic heterocycles. The van der Waals surface area contributed by atoms with Crippen molar-refractivity contribution in [3.63, 3.8) is 0 Å². The Morgan fingerprint density at radius 3 is 2.71 bits per heavy atom. The standard InChI is InChI=1S/C24H29NO6/c1-13(26)31-12-20(29)24(30)15(11-25)9-18-17-5-4-14-8-16(27)6-7-22(14,2)21(17)19(28)10-23(18,24)3/h6-8,15,17-19,21,28,30H,4-5,9-10,12H2,1-3H3/t15-,17-,18-,19-,21+,22-,23-,24-/m0/s1. The number of ketones is 2. The van der Waals surface area contributed by atoms with E-state index in [1.54, 1.807) is 19.1 Å². The number of hydrogen-bond donors (Lipinski definition) is 2. The van der Waals surface area contributed by atoms with Gasteiger partial charge in [-0.05, 0) is 49.7 Å². The molecule has 0 spiro atoms. The number of aliphatic hydroxyl groups is 2. The number of carbonyl (C=O) groups is 3. The number of nitriles is 1. The van der Waals surface area contributed by atoms with Crippen molar-refractivity contribution in [2.24, 2.45) is 34.5 Å². The number of carbonyl (C=O) groups excluding carboxylic acids is 3. The average Bonchev–Trinajstić information content (AvgIpc) is 2.94. The summed E-state index contributed by atoms with van der Waals surface area (Å²) in [6.45, 7) is 4.42. The van der Waals surface area contributed by atoms with Crippen LogP contribution >= 0.6 is 0 Å². The zero-order chi connectivity index (χ0) is 22.8. The molecule has 4 aliphatic carbocycles. The first-order chi connectivity index (χ1) is 14.5. The Bertz CT molecular complexity index is 946. The van der Waals surface area contributed by atoms with Gasteiger partial charge in [0.05, 0.1) is 18.1 Å². The van der Waals surface area contributed by atoms with E-state index in [-0.39, 0.29) is 30.0 Å². The van der Waals surface area contributed by atoms with Crippen molar-refractivity contribution in [2.75, 3.05) is 6.61 Å². The van der Waals surface area contributed by atoms with E-state index in [1.807, 2.05) is 13.0 Å². The fourth-order valence-electron chi connectivity index (χ4n) is 7.30. The van der Waals surface area contributed by atoms with E-state index in [1.165, 1.54) is 6.92 Å². The Morgan fingerprint density at radius 1 is 1.35 bits per heavy atom. The molecule has 2 N–H and O–H groups in total. The molecular formula is C24H29NO6. The van der Waals surface area contributed by atoms with Crippen LogP contribution in [0.1, 0.15) is 46.5 Å². The molecule has 0 saturated heterocycles. The lowest BCUT2D eigenvalue weighted by molar-refractivity contribution is -0.184. The number of hydrogen-bond acceptors (Lipinski definition) is 7. The van der Waals surface area contributed by atoms with Crippen LogP contribution in [0.3, 0.4) is 0 Å². The Labute approximate surface area is 181 Å². The SMILES string of the molecule is CC(=O)OCC(=O)[C@@]1(O)[C@H](C#N)C[C@H]2[C@@H]3CCC4=CC(=O)C=C[C@]4(C)[C@H]3[C@@H](O)C[C@@]21C. The van der Waals surface area contributed by atoms with Gasteiger partial charge in [0, 0.05) is 23.7 Å². The summed E-state index contributed by atoms with van der Waals surface area (Å²) in [6.07, 6.45) is 6.22. The van der Waals surface area contributed by atoms with E-state index in [0.29, 0.717) is 12.8 Å². The van der Waals surface area contributed by atoms with Crippen LogP contribution in [0.25, 0.3) is 0 Å². The van der Waals surface area contributed by atoms with Crippen LogP contribution in [-0.4, -0.2) is 46.1 Å². The number of esters is 1. The van der Waals surface area contributed by atoms with E-state index < -0.39 is 46.8 Å². The van der Waals surface area contributed by atoms with Crippen LogP contribution < -0.4 is 0 Å². The van der Waals surface area contributed by atoms with Gasteiger partial charge < -0.3 is 14.9 Å². The highest BCUT2D eigenvalue weighted by atomic mass is 16.5. The van der Waals surface area contributed by atoms with E-state index >= 15 is 0 Å². The van der Waals surface area contributed by atoms with Crippen LogP contribution in [0.2, 0.25) is 0 Å². The van der Waals surface area contributed by atoms with Gasteiger partial charge in [-0.2, -0.15) is 5.26 Å². The molecule has 0 amide bonds. The Hall–Kier alpha value is -2.30. The number of rotatable bonds is 3. The monoisotopic (exact) mass is 427 g/mol. The highest BCUT2D eigenvalue weighted by Gasteiger charge is 2.71. The lowest BCUT2D eigenvalue weighted by Crippen LogP contribution is -2.63. The molecule has 8 atom stereocenters. The second-order valence-corrected chi connectivity index (χ2v) is 10.1. The lowest BCUT2D eigenvalue weighted by Gasteiger charge is -2.59. The second kappa shape index (κ2) is 7.11. The summed E-state index contributed by atoms with van der Waals surface area (Å²) in [5, 5.41) is 32.9. The molecule has 31 heavy (non-hydrogen) atoms. The minimum atomic E-state index is -2.00. The predicted octanol–water partition coefficient (Wildman–Crippen LogP) is 1.88. The Kier molecular flexibility index (Phi) is 5.03. The molecule has 0 aromatic carbocycles. The molecule has 0 radical (unpaired) electrons. The minimum Gasteiger partial charge on any atom is -0.458 e. The molecule has 0 bridgehead atoms. The van der Waals surface area contributed by atoms with E-state index in [2.05, 4.69) is 6.07 Å². The largest absolute Gasteiger partial charge is 0.458 e. The summed E-state index contributed by atoms with van der Waals surface area (Å²) in [5.41, 5.74) is -2.47. The number of nitrogens with zero attached hydrogens (tertiary/aromatic N) is 1. The zero-order valence-corrected chi connectivity index (χ0v) is 18.1. The van der Waals surface area contributed by atoms with Gasteiger partial charge >= 0.3 is 5.97 Å². The Morgan fingerprint density at radius 2 is 2.06 bits per heavy atom. The van der Waals surface area contributed by atoms with Crippen molar-refractivity contribution in [1.82, 2.24) is 0 Å². The molecule has 0 aromatic heterocycles. The molecule has 166 valence electrons. The summed E-state index contributed by atoms with van der Waals surface area (Å²) in [4.78, 5) is 36.2. The highest BCUT2D eigenvalue weighted by molar-refractivity contribution is 6.01. The number of ether oxygens (including phenoxy) is 1. The first-order valence-corrected chi connectivity index (χ1v) is 10.9. The number of fused-ring (bicyclic) bond motifs is 5. The molecule has 0 unspecified atom stereocenters. The molecular weight excluding hydrogens is 398 g/mol. The maximum Gasteiger partial charge on any atom is 0.303 e. The molecule has 0 aromatic rings. The topological polar surface area (TPSA) is 125 Å². The number of aliphatic hydroxyl groups excluding tert-OH is 1. The van der Waals surface area contributed by atoms with Gasteiger partial charge in [-0.3, -0.25) is 14.4 Å². The maximum atomic E-state index is 13.1. The van der Waals surface area contributed by atoms with Gasteiger partial charge in [0.15, 0.2) is 12.4 Å². The smallest absolute Gasteiger partial charge is 0.303 e. The molecule has 3 fully saturated rings. The van der Waals surface area contributed by atoms with E-state index in [9.17, 15) is 29.9 Å². The lowest BCUT2D eigenvalue weighted by atomic mass is 9.46. The van der Waals surface area contributed by atoms with Crippen LogP contribution in [0.15, 0.2) is 23.8 Å². The summed E-state index contributed by atoms with van der Waals surface area (Å²) in [6, 6.07) is 2.12. The van der Waals surface area contributed by atoms with Crippen molar-refractivity contribution in [3.8, 4) is 6.07 Å². The van der Waals surface area contributed by atoms with Crippen molar-refractivity contribution in [1.29, 1.82) is 5.26 Å². The summed E-state index contributed by atoms with van der Waals surface area (Å²) < 4.78 is 4.86. The van der Waals surface area contributed by atoms with Gasteiger partial charge in [-0.25, -0.2) is 0 Å². The van der Waals surface area contributed by atoms with Crippen molar-refractivity contribution >= 4 is 17.5 Å². The quantitative estimate of drug-likeness (QED) is 0.659. The third-order valence-electron chi connectivity index (χ3n) is 8.74.